The summed E-state index contributed by atoms with van der Waals surface area (Å²) in [5, 5.41) is 3.62. The van der Waals surface area contributed by atoms with Gasteiger partial charge in [-0.2, -0.15) is 5.10 Å². The van der Waals surface area contributed by atoms with Gasteiger partial charge in [-0.25, -0.2) is 0 Å². The minimum atomic E-state index is -0.259. The molecule has 0 aromatic heterocycles. The molecule has 3 nitrogen and oxygen atoms in total. The minimum Gasteiger partial charge on any atom is -0.292 e. The number of nitrogens with one attached hydrogen (secondary N) is 1. The van der Waals surface area contributed by atoms with Gasteiger partial charge in [0, 0.05) is 6.92 Å². The van der Waals surface area contributed by atoms with E-state index in [0.29, 0.717) is 0 Å². The van der Waals surface area contributed by atoms with Crippen molar-refractivity contribution >= 4 is 28.2 Å². The molecule has 13 heavy (non-hydrogen) atoms. The highest BCUT2D eigenvalue weighted by Crippen LogP contribution is 2.04. The summed E-state index contributed by atoms with van der Waals surface area (Å²) in [5.41, 5.74) is 3.45. The molecule has 0 aliphatic heterocycles. The summed E-state index contributed by atoms with van der Waals surface area (Å²) in [6.45, 7) is 1.36. The molecule has 0 saturated heterocycles. The molecule has 1 aromatic carbocycles. The second kappa shape index (κ2) is 4.62. The Labute approximate surface area is 81.4 Å². The van der Waals surface area contributed by atoms with Gasteiger partial charge in [0.2, 0.25) is 0 Å². The van der Waals surface area contributed by atoms with Crippen molar-refractivity contribution < 1.29 is 4.79 Å². The number of carbonyl (C=O) groups excluding carboxylic acids is 1. The molecule has 0 aliphatic carbocycles. The number of nitrogens with zero attached hydrogens (tertiary/aromatic N) is 1. The largest absolute Gasteiger partial charge is 0.292 e. The highest BCUT2D eigenvalue weighted by molar-refractivity contribution is 6.82. The third-order valence-electron chi connectivity index (χ3n) is 1.35. The third-order valence-corrected chi connectivity index (χ3v) is 1.70. The van der Waals surface area contributed by atoms with Crippen LogP contribution >= 0.6 is 11.6 Å². The Morgan fingerprint density at radius 3 is 2.54 bits per heavy atom. The van der Waals surface area contributed by atoms with E-state index >= 15 is 0 Å². The van der Waals surface area contributed by atoms with Crippen molar-refractivity contribution in [3.63, 3.8) is 0 Å². The second-order valence-corrected chi connectivity index (χ2v) is 2.79. The molecule has 0 spiro atoms. The van der Waals surface area contributed by atoms with E-state index < -0.39 is 0 Å². The predicted octanol–water partition coefficient (Wildman–Crippen LogP) is 2.24. The lowest BCUT2D eigenvalue weighted by molar-refractivity contribution is -0.110. The third kappa shape index (κ3) is 3.25. The molecule has 0 amide bonds. The summed E-state index contributed by atoms with van der Waals surface area (Å²) in [6, 6.07) is 9.27. The summed E-state index contributed by atoms with van der Waals surface area (Å²) in [4.78, 5) is 10.7. The number of benzene rings is 1. The molecule has 68 valence electrons. The van der Waals surface area contributed by atoms with E-state index in [2.05, 4.69) is 10.5 Å². The van der Waals surface area contributed by atoms with Gasteiger partial charge in [-0.05, 0) is 12.1 Å². The van der Waals surface area contributed by atoms with Crippen LogP contribution in [0.2, 0.25) is 0 Å². The molecule has 0 unspecified atom stereocenters. The van der Waals surface area contributed by atoms with Gasteiger partial charge in [0.05, 0.1) is 5.69 Å². The van der Waals surface area contributed by atoms with Crippen LogP contribution in [0.25, 0.3) is 0 Å². The van der Waals surface area contributed by atoms with Crippen molar-refractivity contribution in [3.05, 3.63) is 30.3 Å². The molecule has 0 aliphatic rings. The lowest BCUT2D eigenvalue weighted by Crippen LogP contribution is -2.04. The van der Waals surface area contributed by atoms with Crippen LogP contribution < -0.4 is 5.43 Å². The summed E-state index contributed by atoms with van der Waals surface area (Å²) in [5.74, 6) is -0.259. The number of hydrogen-bond acceptors (Lipinski definition) is 3. The summed E-state index contributed by atoms with van der Waals surface area (Å²) >= 11 is 5.50. The zero-order valence-corrected chi connectivity index (χ0v) is 7.88. The topological polar surface area (TPSA) is 41.5 Å². The number of carbonyl (C=O) groups is 1. The average Bonchev–Trinajstić information content (AvgIpc) is 2.15. The van der Waals surface area contributed by atoms with Gasteiger partial charge in [0.25, 0.3) is 0 Å². The van der Waals surface area contributed by atoms with Crippen molar-refractivity contribution in [2.75, 3.05) is 5.43 Å². The van der Waals surface area contributed by atoms with E-state index in [1.807, 2.05) is 30.3 Å². The molecule has 0 heterocycles. The fourth-order valence-corrected chi connectivity index (χ4v) is 0.747. The quantitative estimate of drug-likeness (QED) is 0.595. The number of hydrogen-bond donors (Lipinski definition) is 1. The highest BCUT2D eigenvalue weighted by Gasteiger charge is 1.99. The lowest BCUT2D eigenvalue weighted by Gasteiger charge is -1.98. The molecule has 0 radical (unpaired) electrons. The Balaban J connectivity index is 2.62. The second-order valence-electron chi connectivity index (χ2n) is 2.44. The van der Waals surface area contributed by atoms with E-state index in [9.17, 15) is 4.79 Å². The lowest BCUT2D eigenvalue weighted by atomic mass is 10.3. The first-order chi connectivity index (χ1) is 6.20. The van der Waals surface area contributed by atoms with Crippen molar-refractivity contribution in [3.8, 4) is 0 Å². The Bertz CT molecular complexity index is 322. The average molecular weight is 197 g/mol. The zero-order valence-electron chi connectivity index (χ0n) is 7.12. The predicted molar refractivity (Wildman–Crippen MR) is 54.0 cm³/mol. The Hall–Kier alpha value is -1.35. The summed E-state index contributed by atoms with van der Waals surface area (Å²) < 4.78 is 0. The Morgan fingerprint density at radius 1 is 1.38 bits per heavy atom. The van der Waals surface area contributed by atoms with Crippen molar-refractivity contribution in [2.45, 2.75) is 6.92 Å². The first-order valence-corrected chi connectivity index (χ1v) is 4.13. The molecule has 1 N–H and O–H groups in total. The van der Waals surface area contributed by atoms with Gasteiger partial charge in [0.15, 0.2) is 11.0 Å². The minimum absolute atomic E-state index is 0.0520. The van der Waals surface area contributed by atoms with Crippen LogP contribution in [-0.4, -0.2) is 11.0 Å². The fraction of sp³-hybridized carbons (Fsp3) is 0.111. The maximum atomic E-state index is 10.7. The van der Waals surface area contributed by atoms with E-state index in [0.717, 1.165) is 5.69 Å². The van der Waals surface area contributed by atoms with Crippen LogP contribution in [0.1, 0.15) is 6.92 Å². The van der Waals surface area contributed by atoms with Gasteiger partial charge in [-0.1, -0.05) is 29.8 Å². The molecule has 0 fully saturated rings. The van der Waals surface area contributed by atoms with Gasteiger partial charge < -0.3 is 0 Å². The van der Waals surface area contributed by atoms with Crippen molar-refractivity contribution in [2.24, 2.45) is 5.10 Å². The molecule has 4 heteroatoms. The molecule has 0 bridgehead atoms. The number of ketones is 1. The van der Waals surface area contributed by atoms with Crippen molar-refractivity contribution in [1.82, 2.24) is 0 Å². The van der Waals surface area contributed by atoms with Crippen LogP contribution in [0.5, 0.6) is 0 Å². The number of Topliss-reactive ketones (excluding diaryl/α,β-unsaturated/α-hetero) is 1. The maximum absolute atomic E-state index is 10.7. The van der Waals surface area contributed by atoms with E-state index in [-0.39, 0.29) is 11.0 Å². The summed E-state index contributed by atoms with van der Waals surface area (Å²) in [6.07, 6.45) is 0. The van der Waals surface area contributed by atoms with Gasteiger partial charge in [0.1, 0.15) is 0 Å². The highest BCUT2D eigenvalue weighted by atomic mass is 35.5. The van der Waals surface area contributed by atoms with Crippen LogP contribution in [0.3, 0.4) is 0 Å². The van der Waals surface area contributed by atoms with E-state index in [1.54, 1.807) is 0 Å². The molecule has 0 atom stereocenters. The first-order valence-electron chi connectivity index (χ1n) is 3.75. The molecule has 1 rings (SSSR count). The van der Waals surface area contributed by atoms with Crippen LogP contribution in [0, 0.1) is 0 Å². The van der Waals surface area contributed by atoms with Gasteiger partial charge in [-0.3, -0.25) is 10.2 Å². The van der Waals surface area contributed by atoms with Crippen LogP contribution in [-0.2, 0) is 4.79 Å². The monoisotopic (exact) mass is 196 g/mol. The fourth-order valence-electron chi connectivity index (χ4n) is 0.705. The van der Waals surface area contributed by atoms with Gasteiger partial charge in [-0.15, -0.1) is 0 Å². The molecule has 1 aromatic rings. The number of halogens is 1. The Morgan fingerprint density at radius 2 is 2.00 bits per heavy atom. The van der Waals surface area contributed by atoms with Crippen LogP contribution in [0.15, 0.2) is 35.4 Å². The van der Waals surface area contributed by atoms with E-state index in [4.69, 9.17) is 11.6 Å². The maximum Gasteiger partial charge on any atom is 0.191 e. The molecular weight excluding hydrogens is 188 g/mol. The first kappa shape index (κ1) is 9.74. The molecule has 0 saturated carbocycles. The van der Waals surface area contributed by atoms with Crippen molar-refractivity contribution in [1.29, 1.82) is 0 Å². The zero-order chi connectivity index (χ0) is 9.68. The van der Waals surface area contributed by atoms with Crippen LogP contribution in [0.4, 0.5) is 5.69 Å². The number of rotatable bonds is 3. The SMILES string of the molecule is CC(=O)C(Cl)=NNc1ccccc1. The standard InChI is InChI=1S/C9H9ClN2O/c1-7(13)9(10)12-11-8-5-3-2-4-6-8/h2-6,11H,1H3. The molecular formula is C9H9ClN2O. The number of hydrazone groups is 1. The number of para-hydroxylation sites is 1. The normalized spacial score (nSPS) is 11.1. The summed E-state index contributed by atoms with van der Waals surface area (Å²) in [7, 11) is 0. The van der Waals surface area contributed by atoms with Gasteiger partial charge >= 0.3 is 0 Å². The number of anilines is 1. The Kier molecular flexibility index (Phi) is 3.46. The van der Waals surface area contributed by atoms with E-state index in [1.165, 1.54) is 6.92 Å². The smallest absolute Gasteiger partial charge is 0.191 e.